The van der Waals surface area contributed by atoms with Crippen molar-refractivity contribution in [3.63, 3.8) is 0 Å². The number of halogens is 1. The number of carbonyl (C=O) groups excluding carboxylic acids is 1. The van der Waals surface area contributed by atoms with E-state index in [9.17, 15) is 4.79 Å². The summed E-state index contributed by atoms with van der Waals surface area (Å²) in [7, 11) is 1.79. The first-order valence-electron chi connectivity index (χ1n) is 7.68. The number of hydrogen-bond donors (Lipinski definition) is 0. The van der Waals surface area contributed by atoms with Crippen LogP contribution in [-0.4, -0.2) is 36.0 Å². The molecule has 0 aliphatic heterocycles. The van der Waals surface area contributed by atoms with E-state index in [0.717, 1.165) is 26.5 Å². The van der Waals surface area contributed by atoms with E-state index in [1.54, 1.807) is 23.3 Å². The number of ether oxygens (including phenoxy) is 1. The maximum Gasteiger partial charge on any atom is 0.265 e. The van der Waals surface area contributed by atoms with E-state index >= 15 is 0 Å². The molecule has 130 valence electrons. The predicted molar refractivity (Wildman–Crippen MR) is 107 cm³/mol. The van der Waals surface area contributed by atoms with E-state index in [2.05, 4.69) is 20.9 Å². The van der Waals surface area contributed by atoms with Crippen LogP contribution in [0.1, 0.15) is 15.4 Å². The van der Waals surface area contributed by atoms with Gasteiger partial charge in [0.25, 0.3) is 5.91 Å². The third-order valence-electron chi connectivity index (χ3n) is 3.61. The highest BCUT2D eigenvalue weighted by molar-refractivity contribution is 9.10. The fourth-order valence-corrected chi connectivity index (χ4v) is 4.25. The molecule has 0 bridgehead atoms. The van der Waals surface area contributed by atoms with Crippen molar-refractivity contribution in [2.75, 3.05) is 20.2 Å². The molecule has 0 saturated carbocycles. The normalized spacial score (nSPS) is 10.7. The molecule has 0 N–H and O–H groups in total. The molecule has 0 radical (unpaired) electrons. The minimum Gasteiger partial charge on any atom is -0.492 e. The molecule has 0 atom stereocenters. The van der Waals surface area contributed by atoms with E-state index in [1.165, 1.54) is 11.3 Å². The number of amides is 1. The smallest absolute Gasteiger partial charge is 0.265 e. The fraction of sp³-hybridized carbons (Fsp3) is 0.222. The van der Waals surface area contributed by atoms with E-state index < -0.39 is 0 Å². The lowest BCUT2D eigenvalue weighted by Gasteiger charge is -2.17. The Morgan fingerprint density at radius 1 is 1.28 bits per heavy atom. The Balaban J connectivity index is 1.59. The molecule has 0 saturated heterocycles. The summed E-state index contributed by atoms with van der Waals surface area (Å²) in [4.78, 5) is 19.6. The van der Waals surface area contributed by atoms with Crippen LogP contribution in [0.4, 0.5) is 0 Å². The highest BCUT2D eigenvalue weighted by atomic mass is 79.9. The van der Waals surface area contributed by atoms with Gasteiger partial charge in [0.2, 0.25) is 0 Å². The number of aryl methyl sites for hydroxylation is 1. The first-order valence-corrected chi connectivity index (χ1v) is 10.2. The van der Waals surface area contributed by atoms with Gasteiger partial charge in [0, 0.05) is 22.5 Å². The van der Waals surface area contributed by atoms with Gasteiger partial charge in [0.1, 0.15) is 22.2 Å². The quantitative estimate of drug-likeness (QED) is 0.539. The number of thiazole rings is 1. The Hall–Kier alpha value is -1.70. The van der Waals surface area contributed by atoms with Crippen LogP contribution >= 0.6 is 38.6 Å². The van der Waals surface area contributed by atoms with Crippen LogP contribution in [0, 0.1) is 6.92 Å². The van der Waals surface area contributed by atoms with Crippen molar-refractivity contribution in [3.05, 3.63) is 56.1 Å². The molecule has 1 amide bonds. The van der Waals surface area contributed by atoms with Gasteiger partial charge in [0.15, 0.2) is 0 Å². The molecule has 0 aliphatic carbocycles. The van der Waals surface area contributed by atoms with Crippen molar-refractivity contribution in [1.29, 1.82) is 0 Å². The van der Waals surface area contributed by atoms with Gasteiger partial charge in [-0.05, 0) is 42.6 Å². The molecule has 2 aromatic heterocycles. The maximum absolute atomic E-state index is 12.7. The average Bonchev–Trinajstić information content (AvgIpc) is 3.25. The van der Waals surface area contributed by atoms with Gasteiger partial charge >= 0.3 is 0 Å². The molecular weight excluding hydrogens is 420 g/mol. The monoisotopic (exact) mass is 436 g/mol. The van der Waals surface area contributed by atoms with Gasteiger partial charge in [-0.3, -0.25) is 4.79 Å². The lowest BCUT2D eigenvalue weighted by atomic mass is 10.3. The Labute approximate surface area is 163 Å². The molecule has 0 spiro atoms. The third-order valence-corrected chi connectivity index (χ3v) is 6.02. The molecule has 25 heavy (non-hydrogen) atoms. The molecule has 0 fully saturated rings. The summed E-state index contributed by atoms with van der Waals surface area (Å²) in [5, 5.41) is 4.95. The number of carbonyl (C=O) groups is 1. The Kier molecular flexibility index (Phi) is 5.88. The molecular formula is C18H17BrN2O2S2. The summed E-state index contributed by atoms with van der Waals surface area (Å²) in [6.07, 6.45) is 0. The number of thiophene rings is 1. The van der Waals surface area contributed by atoms with Gasteiger partial charge in [-0.25, -0.2) is 4.98 Å². The van der Waals surface area contributed by atoms with Crippen molar-refractivity contribution in [3.8, 4) is 16.3 Å². The second-order valence-corrected chi connectivity index (χ2v) is 8.17. The minimum absolute atomic E-state index is 0.0177. The van der Waals surface area contributed by atoms with Crippen LogP contribution in [0.15, 0.2) is 45.6 Å². The zero-order valence-corrected chi connectivity index (χ0v) is 17.1. The first kappa shape index (κ1) is 18.1. The molecule has 3 aromatic rings. The lowest BCUT2D eigenvalue weighted by molar-refractivity contribution is 0.0777. The van der Waals surface area contributed by atoms with Gasteiger partial charge in [-0.1, -0.05) is 15.9 Å². The summed E-state index contributed by atoms with van der Waals surface area (Å²) in [5.74, 6) is 0.772. The third kappa shape index (κ3) is 4.48. The van der Waals surface area contributed by atoms with Gasteiger partial charge < -0.3 is 9.64 Å². The number of nitrogens with zero attached hydrogens (tertiary/aromatic N) is 2. The summed E-state index contributed by atoms with van der Waals surface area (Å²) in [5.41, 5.74) is 1.84. The van der Waals surface area contributed by atoms with Crippen LogP contribution in [0.3, 0.4) is 0 Å². The summed E-state index contributed by atoms with van der Waals surface area (Å²) in [6, 6.07) is 9.67. The SMILES string of the molecule is Cc1nc(-c2ccsc2)sc1C(=O)N(C)CCOc1ccc(Br)cc1. The first-order chi connectivity index (χ1) is 12.0. The molecule has 0 unspecified atom stereocenters. The Morgan fingerprint density at radius 2 is 2.04 bits per heavy atom. The molecule has 7 heteroatoms. The van der Waals surface area contributed by atoms with E-state index in [-0.39, 0.29) is 5.91 Å². The Bertz CT molecular complexity index is 845. The zero-order chi connectivity index (χ0) is 17.8. The van der Waals surface area contributed by atoms with Crippen molar-refractivity contribution < 1.29 is 9.53 Å². The number of hydrogen-bond acceptors (Lipinski definition) is 5. The van der Waals surface area contributed by atoms with Gasteiger partial charge in [-0.15, -0.1) is 11.3 Å². The highest BCUT2D eigenvalue weighted by Crippen LogP contribution is 2.30. The molecule has 2 heterocycles. The number of rotatable bonds is 6. The van der Waals surface area contributed by atoms with Crippen molar-refractivity contribution >= 4 is 44.5 Å². The highest BCUT2D eigenvalue weighted by Gasteiger charge is 2.19. The fourth-order valence-electron chi connectivity index (χ4n) is 2.21. The molecule has 4 nitrogen and oxygen atoms in total. The zero-order valence-electron chi connectivity index (χ0n) is 13.9. The topological polar surface area (TPSA) is 42.4 Å². The van der Waals surface area contributed by atoms with Crippen LogP contribution < -0.4 is 4.74 Å². The predicted octanol–water partition coefficient (Wildman–Crippen LogP) is 5.09. The lowest BCUT2D eigenvalue weighted by Crippen LogP contribution is -2.30. The van der Waals surface area contributed by atoms with Crippen LogP contribution in [0.25, 0.3) is 10.6 Å². The molecule has 3 rings (SSSR count). The van der Waals surface area contributed by atoms with Crippen LogP contribution in [0.2, 0.25) is 0 Å². The average molecular weight is 437 g/mol. The van der Waals surface area contributed by atoms with Crippen LogP contribution in [0.5, 0.6) is 5.75 Å². The van der Waals surface area contributed by atoms with E-state index in [4.69, 9.17) is 4.74 Å². The second-order valence-electron chi connectivity index (χ2n) is 5.47. The van der Waals surface area contributed by atoms with Crippen molar-refractivity contribution in [2.45, 2.75) is 6.92 Å². The largest absolute Gasteiger partial charge is 0.492 e. The second kappa shape index (κ2) is 8.12. The van der Waals surface area contributed by atoms with E-state index in [0.29, 0.717) is 18.0 Å². The molecule has 0 aliphatic rings. The maximum atomic E-state index is 12.7. The molecule has 1 aromatic carbocycles. The number of benzene rings is 1. The van der Waals surface area contributed by atoms with Gasteiger partial charge in [-0.2, -0.15) is 11.3 Å². The van der Waals surface area contributed by atoms with Crippen LogP contribution in [-0.2, 0) is 0 Å². The standard InChI is InChI=1S/C18H17BrN2O2S2/c1-12-16(25-17(20-12)13-7-10-24-11-13)18(22)21(2)8-9-23-15-5-3-14(19)4-6-15/h3-7,10-11H,8-9H2,1-2H3. The summed E-state index contributed by atoms with van der Waals surface area (Å²) >= 11 is 6.46. The minimum atomic E-state index is -0.0177. The van der Waals surface area contributed by atoms with E-state index in [1.807, 2.05) is 48.0 Å². The number of aromatic nitrogens is 1. The summed E-state index contributed by atoms with van der Waals surface area (Å²) < 4.78 is 6.70. The van der Waals surface area contributed by atoms with Gasteiger partial charge in [0.05, 0.1) is 12.2 Å². The van der Waals surface area contributed by atoms with Crippen molar-refractivity contribution in [2.24, 2.45) is 0 Å². The van der Waals surface area contributed by atoms with Crippen molar-refractivity contribution in [1.82, 2.24) is 9.88 Å². The number of likely N-dealkylation sites (N-methyl/N-ethyl adjacent to an activating group) is 1. The Morgan fingerprint density at radius 3 is 2.72 bits per heavy atom. The summed E-state index contributed by atoms with van der Waals surface area (Å²) in [6.45, 7) is 2.84.